The van der Waals surface area contributed by atoms with Gasteiger partial charge in [-0.05, 0) is 34.8 Å². The monoisotopic (exact) mass is 322 g/mol. The zero-order chi connectivity index (χ0) is 13.9. The van der Waals surface area contributed by atoms with Gasteiger partial charge in [-0.3, -0.25) is 4.68 Å². The summed E-state index contributed by atoms with van der Waals surface area (Å²) >= 11 is 3.52. The fourth-order valence-corrected chi connectivity index (χ4v) is 3.11. The summed E-state index contributed by atoms with van der Waals surface area (Å²) < 4.78 is 2.71. The molecular formula is C15H19BrN2O. The molecule has 1 N–H and O–H groups in total. The Morgan fingerprint density at radius 2 is 1.95 bits per heavy atom. The van der Waals surface area contributed by atoms with E-state index >= 15 is 0 Å². The minimum Gasteiger partial charge on any atom is -0.379 e. The largest absolute Gasteiger partial charge is 0.379 e. The van der Waals surface area contributed by atoms with Crippen molar-refractivity contribution in [2.24, 2.45) is 0 Å². The molecule has 0 spiro atoms. The van der Waals surface area contributed by atoms with E-state index in [2.05, 4.69) is 28.0 Å². The van der Waals surface area contributed by atoms with E-state index in [0.29, 0.717) is 6.42 Å². The van der Waals surface area contributed by atoms with Crippen molar-refractivity contribution in [2.75, 3.05) is 0 Å². The fourth-order valence-electron chi connectivity index (χ4n) is 2.49. The van der Waals surface area contributed by atoms with Gasteiger partial charge in [-0.1, -0.05) is 43.7 Å². The van der Waals surface area contributed by atoms with Crippen LogP contribution in [-0.2, 0) is 12.1 Å². The van der Waals surface area contributed by atoms with Gasteiger partial charge in [-0.2, -0.15) is 5.10 Å². The number of hydrogen-bond donors (Lipinski definition) is 1. The predicted molar refractivity (Wildman–Crippen MR) is 79.9 cm³/mol. The van der Waals surface area contributed by atoms with Crippen LogP contribution >= 0.6 is 15.9 Å². The lowest BCUT2D eigenvalue weighted by atomic mass is 9.86. The summed E-state index contributed by atoms with van der Waals surface area (Å²) in [6.45, 7) is 4.84. The average Bonchev–Trinajstić information content (AvgIpc) is 2.81. The molecule has 0 aliphatic heterocycles. The third-order valence-corrected chi connectivity index (χ3v) is 3.93. The topological polar surface area (TPSA) is 38.1 Å². The lowest BCUT2D eigenvalue weighted by Crippen LogP contribution is -2.31. The Hall–Kier alpha value is -1.13. The Morgan fingerprint density at radius 3 is 2.53 bits per heavy atom. The van der Waals surface area contributed by atoms with Gasteiger partial charge in [0, 0.05) is 6.54 Å². The third-order valence-electron chi connectivity index (χ3n) is 3.35. The SMILES string of the molecule is CCCC(O)(c1ccccc1)c1c(Br)cnn1CC. The van der Waals surface area contributed by atoms with Crippen LogP contribution in [0.25, 0.3) is 0 Å². The Morgan fingerprint density at radius 1 is 1.26 bits per heavy atom. The number of aliphatic hydroxyl groups is 1. The second kappa shape index (κ2) is 5.88. The van der Waals surface area contributed by atoms with E-state index in [-0.39, 0.29) is 0 Å². The first-order valence-electron chi connectivity index (χ1n) is 6.63. The molecule has 0 amide bonds. The van der Waals surface area contributed by atoms with Gasteiger partial charge in [-0.15, -0.1) is 0 Å². The maximum Gasteiger partial charge on any atom is 0.132 e. The van der Waals surface area contributed by atoms with Crippen molar-refractivity contribution >= 4 is 15.9 Å². The summed E-state index contributed by atoms with van der Waals surface area (Å²) in [6.07, 6.45) is 3.32. The number of aromatic nitrogens is 2. The smallest absolute Gasteiger partial charge is 0.132 e. The molecule has 0 aliphatic carbocycles. The number of aryl methyl sites for hydroxylation is 1. The van der Waals surface area contributed by atoms with Crippen LogP contribution in [0.2, 0.25) is 0 Å². The lowest BCUT2D eigenvalue weighted by molar-refractivity contribution is 0.0598. The Kier molecular flexibility index (Phi) is 4.42. The minimum atomic E-state index is -0.999. The van der Waals surface area contributed by atoms with E-state index in [1.54, 1.807) is 6.20 Å². The molecule has 0 bridgehead atoms. The standard InChI is InChI=1S/C15H19BrN2O/c1-3-10-15(19,12-8-6-5-7-9-12)14-13(16)11-17-18(14)4-2/h5-9,11,19H,3-4,10H2,1-2H3. The molecule has 1 aromatic heterocycles. The van der Waals surface area contributed by atoms with Gasteiger partial charge in [0.1, 0.15) is 5.60 Å². The van der Waals surface area contributed by atoms with Crippen LogP contribution in [0.3, 0.4) is 0 Å². The van der Waals surface area contributed by atoms with Crippen molar-refractivity contribution in [3.05, 3.63) is 52.3 Å². The van der Waals surface area contributed by atoms with Crippen LogP contribution < -0.4 is 0 Å². The van der Waals surface area contributed by atoms with E-state index in [4.69, 9.17) is 0 Å². The molecule has 102 valence electrons. The van der Waals surface area contributed by atoms with Crippen LogP contribution in [0, 0.1) is 0 Å². The fraction of sp³-hybridized carbons (Fsp3) is 0.400. The van der Waals surface area contributed by atoms with Crippen molar-refractivity contribution < 1.29 is 5.11 Å². The highest BCUT2D eigenvalue weighted by Crippen LogP contribution is 2.37. The zero-order valence-corrected chi connectivity index (χ0v) is 12.9. The highest BCUT2D eigenvalue weighted by molar-refractivity contribution is 9.10. The van der Waals surface area contributed by atoms with Crippen molar-refractivity contribution in [2.45, 2.75) is 38.8 Å². The molecule has 0 saturated heterocycles. The summed E-state index contributed by atoms with van der Waals surface area (Å²) in [5.74, 6) is 0. The quantitative estimate of drug-likeness (QED) is 0.911. The van der Waals surface area contributed by atoms with E-state index in [1.807, 2.05) is 41.9 Å². The number of rotatable bonds is 5. The third kappa shape index (κ3) is 2.60. The highest BCUT2D eigenvalue weighted by atomic mass is 79.9. The summed E-state index contributed by atoms with van der Waals surface area (Å²) in [7, 11) is 0. The van der Waals surface area contributed by atoms with Gasteiger partial charge < -0.3 is 5.11 Å². The molecule has 19 heavy (non-hydrogen) atoms. The molecule has 1 unspecified atom stereocenters. The number of hydrogen-bond acceptors (Lipinski definition) is 2. The van der Waals surface area contributed by atoms with Crippen molar-refractivity contribution in [3.63, 3.8) is 0 Å². The summed E-state index contributed by atoms with van der Waals surface area (Å²) in [5, 5.41) is 15.6. The van der Waals surface area contributed by atoms with Gasteiger partial charge in [-0.25, -0.2) is 0 Å². The molecule has 0 saturated carbocycles. The lowest BCUT2D eigenvalue weighted by Gasteiger charge is -2.29. The molecule has 2 aromatic rings. The van der Waals surface area contributed by atoms with E-state index < -0.39 is 5.60 Å². The predicted octanol–water partition coefficient (Wildman–Crippen LogP) is 3.70. The van der Waals surface area contributed by atoms with Crippen LogP contribution in [-0.4, -0.2) is 14.9 Å². The number of nitrogens with zero attached hydrogens (tertiary/aromatic N) is 2. The van der Waals surface area contributed by atoms with Gasteiger partial charge >= 0.3 is 0 Å². The molecule has 0 radical (unpaired) electrons. The Labute approximate surface area is 122 Å². The van der Waals surface area contributed by atoms with E-state index in [0.717, 1.165) is 28.7 Å². The highest BCUT2D eigenvalue weighted by Gasteiger charge is 2.35. The van der Waals surface area contributed by atoms with Crippen molar-refractivity contribution in [1.29, 1.82) is 0 Å². The van der Waals surface area contributed by atoms with Crippen LogP contribution in [0.15, 0.2) is 41.0 Å². The summed E-state index contributed by atoms with van der Waals surface area (Å²) in [5.41, 5.74) is 0.747. The Balaban J connectivity index is 2.59. The first-order valence-corrected chi connectivity index (χ1v) is 7.42. The molecule has 1 heterocycles. The second-order valence-electron chi connectivity index (χ2n) is 4.63. The van der Waals surface area contributed by atoms with Crippen LogP contribution in [0.5, 0.6) is 0 Å². The van der Waals surface area contributed by atoms with Crippen LogP contribution in [0.4, 0.5) is 0 Å². The number of halogens is 1. The minimum absolute atomic E-state index is 0.668. The molecule has 1 aromatic carbocycles. The maximum atomic E-state index is 11.2. The average molecular weight is 323 g/mol. The van der Waals surface area contributed by atoms with E-state index in [9.17, 15) is 5.11 Å². The molecular weight excluding hydrogens is 304 g/mol. The molecule has 1 atom stereocenters. The van der Waals surface area contributed by atoms with Gasteiger partial charge in [0.15, 0.2) is 0 Å². The first-order chi connectivity index (χ1) is 9.13. The van der Waals surface area contributed by atoms with Crippen molar-refractivity contribution in [3.8, 4) is 0 Å². The molecule has 0 aliphatic rings. The van der Waals surface area contributed by atoms with Gasteiger partial charge in [0.2, 0.25) is 0 Å². The molecule has 2 rings (SSSR count). The number of benzene rings is 1. The Bertz CT molecular complexity index is 538. The summed E-state index contributed by atoms with van der Waals surface area (Å²) in [4.78, 5) is 0. The van der Waals surface area contributed by atoms with Gasteiger partial charge in [0.25, 0.3) is 0 Å². The molecule has 4 heteroatoms. The maximum absolute atomic E-state index is 11.2. The second-order valence-corrected chi connectivity index (χ2v) is 5.49. The first kappa shape index (κ1) is 14.3. The summed E-state index contributed by atoms with van der Waals surface area (Å²) in [6, 6.07) is 9.80. The van der Waals surface area contributed by atoms with Crippen molar-refractivity contribution in [1.82, 2.24) is 9.78 Å². The normalized spacial score (nSPS) is 14.3. The molecule has 0 fully saturated rings. The zero-order valence-electron chi connectivity index (χ0n) is 11.3. The molecule has 3 nitrogen and oxygen atoms in total. The van der Waals surface area contributed by atoms with Gasteiger partial charge in [0.05, 0.1) is 16.4 Å². The van der Waals surface area contributed by atoms with E-state index in [1.165, 1.54) is 0 Å². The van der Waals surface area contributed by atoms with Crippen LogP contribution in [0.1, 0.15) is 37.9 Å².